The van der Waals surface area contributed by atoms with E-state index in [0.717, 1.165) is 54.6 Å². The van der Waals surface area contributed by atoms with Gasteiger partial charge in [0, 0.05) is 29.7 Å². The summed E-state index contributed by atoms with van der Waals surface area (Å²) in [4.78, 5) is 23.9. The molecule has 27 heavy (non-hydrogen) atoms. The second-order valence-electron chi connectivity index (χ2n) is 6.76. The van der Waals surface area contributed by atoms with Gasteiger partial charge in [0.25, 0.3) is 0 Å². The molecule has 1 aromatic carbocycles. The minimum atomic E-state index is 0.0842. The predicted octanol–water partition coefficient (Wildman–Crippen LogP) is 4.06. The van der Waals surface area contributed by atoms with Gasteiger partial charge in [0.15, 0.2) is 0 Å². The second-order valence-corrected chi connectivity index (χ2v) is 7.62. The number of nitrogens with one attached hydrogen (secondary N) is 1. The van der Waals surface area contributed by atoms with Gasteiger partial charge in [0.1, 0.15) is 5.01 Å². The van der Waals surface area contributed by atoms with Gasteiger partial charge in [-0.2, -0.15) is 0 Å². The molecule has 5 nitrogen and oxygen atoms in total. The van der Waals surface area contributed by atoms with Gasteiger partial charge in [-0.25, -0.2) is 4.98 Å². The summed E-state index contributed by atoms with van der Waals surface area (Å²) in [5.41, 5.74) is 2.87. The Morgan fingerprint density at radius 2 is 1.89 bits per heavy atom. The van der Waals surface area contributed by atoms with Crippen LogP contribution in [0.15, 0.2) is 60.1 Å². The molecular formula is C21H22N4OS. The molecule has 0 saturated carbocycles. The number of aromatic nitrogens is 2. The van der Waals surface area contributed by atoms with Crippen molar-refractivity contribution in [3.8, 4) is 10.7 Å². The predicted molar refractivity (Wildman–Crippen MR) is 108 cm³/mol. The topological polar surface area (TPSA) is 58.1 Å². The molecule has 0 spiro atoms. The summed E-state index contributed by atoms with van der Waals surface area (Å²) in [6.07, 6.45) is 3.56. The Balaban J connectivity index is 1.28. The number of carbonyl (C=O) groups excluding carboxylic acids is 1. The number of rotatable bonds is 5. The van der Waals surface area contributed by atoms with E-state index in [4.69, 9.17) is 4.98 Å². The van der Waals surface area contributed by atoms with Gasteiger partial charge in [0.05, 0.1) is 11.4 Å². The highest BCUT2D eigenvalue weighted by atomic mass is 32.1. The minimum Gasteiger partial charge on any atom is -0.326 e. The number of amides is 1. The summed E-state index contributed by atoms with van der Waals surface area (Å²) >= 11 is 1.63. The maximum absolute atomic E-state index is 12.4. The fourth-order valence-corrected chi connectivity index (χ4v) is 4.12. The number of carbonyl (C=O) groups is 1. The fourth-order valence-electron chi connectivity index (χ4n) is 3.33. The van der Waals surface area contributed by atoms with E-state index in [1.165, 1.54) is 0 Å². The summed E-state index contributed by atoms with van der Waals surface area (Å²) < 4.78 is 0. The summed E-state index contributed by atoms with van der Waals surface area (Å²) in [6.45, 7) is 2.67. The van der Waals surface area contributed by atoms with Crippen molar-refractivity contribution in [2.45, 2.75) is 19.4 Å². The van der Waals surface area contributed by atoms with Crippen LogP contribution in [0.3, 0.4) is 0 Å². The van der Waals surface area contributed by atoms with Crippen molar-refractivity contribution >= 4 is 22.9 Å². The number of pyridine rings is 1. The van der Waals surface area contributed by atoms with E-state index in [-0.39, 0.29) is 11.8 Å². The zero-order valence-corrected chi connectivity index (χ0v) is 15.9. The maximum Gasteiger partial charge on any atom is 0.227 e. The molecule has 3 aromatic rings. The number of para-hydroxylation sites is 1. The van der Waals surface area contributed by atoms with Crippen molar-refractivity contribution in [3.05, 3.63) is 65.8 Å². The van der Waals surface area contributed by atoms with Crippen LogP contribution in [0, 0.1) is 5.92 Å². The highest BCUT2D eigenvalue weighted by Gasteiger charge is 2.25. The summed E-state index contributed by atoms with van der Waals surface area (Å²) in [6, 6.07) is 15.6. The van der Waals surface area contributed by atoms with Crippen LogP contribution < -0.4 is 5.32 Å². The molecule has 1 N–H and O–H groups in total. The van der Waals surface area contributed by atoms with E-state index in [2.05, 4.69) is 20.6 Å². The molecule has 0 radical (unpaired) electrons. The first-order valence-electron chi connectivity index (χ1n) is 9.22. The number of piperidine rings is 1. The standard InChI is InChI=1S/C21H22N4OS/c26-20(23-17-6-2-1-3-7-17)16-9-12-25(13-10-16)14-18-15-27-21(24-18)19-8-4-5-11-22-19/h1-8,11,15-16H,9-10,12-14H2,(H,23,26). The molecule has 3 heterocycles. The number of thiazole rings is 1. The van der Waals surface area contributed by atoms with Crippen molar-refractivity contribution in [2.24, 2.45) is 5.92 Å². The first-order chi connectivity index (χ1) is 13.3. The Labute approximate surface area is 163 Å². The van der Waals surface area contributed by atoms with Crippen LogP contribution in [-0.4, -0.2) is 33.9 Å². The van der Waals surface area contributed by atoms with Crippen LogP contribution in [0.2, 0.25) is 0 Å². The molecule has 1 amide bonds. The zero-order chi connectivity index (χ0) is 18.5. The summed E-state index contributed by atoms with van der Waals surface area (Å²) in [5.74, 6) is 0.216. The van der Waals surface area contributed by atoms with Gasteiger partial charge in [-0.05, 0) is 50.2 Å². The number of hydrogen-bond acceptors (Lipinski definition) is 5. The van der Waals surface area contributed by atoms with Crippen molar-refractivity contribution < 1.29 is 4.79 Å². The zero-order valence-electron chi connectivity index (χ0n) is 15.0. The van der Waals surface area contributed by atoms with Crippen LogP contribution >= 0.6 is 11.3 Å². The summed E-state index contributed by atoms with van der Waals surface area (Å²) in [7, 11) is 0. The molecule has 1 saturated heterocycles. The normalized spacial score (nSPS) is 15.6. The SMILES string of the molecule is O=C(Nc1ccccc1)C1CCN(Cc2csc(-c3ccccn3)n2)CC1. The Bertz CT molecular complexity index is 873. The third-order valence-corrected chi connectivity index (χ3v) is 5.73. The van der Waals surface area contributed by atoms with E-state index in [1.807, 2.05) is 48.5 Å². The van der Waals surface area contributed by atoms with E-state index < -0.39 is 0 Å². The first-order valence-corrected chi connectivity index (χ1v) is 10.1. The smallest absolute Gasteiger partial charge is 0.227 e. The van der Waals surface area contributed by atoms with Crippen LogP contribution in [0.4, 0.5) is 5.69 Å². The van der Waals surface area contributed by atoms with Crippen molar-refractivity contribution in [3.63, 3.8) is 0 Å². The van der Waals surface area contributed by atoms with E-state index in [1.54, 1.807) is 17.5 Å². The van der Waals surface area contributed by atoms with Gasteiger partial charge in [-0.15, -0.1) is 11.3 Å². The van der Waals surface area contributed by atoms with Crippen LogP contribution in [0.25, 0.3) is 10.7 Å². The average molecular weight is 379 g/mol. The van der Waals surface area contributed by atoms with Gasteiger partial charge >= 0.3 is 0 Å². The third-order valence-electron chi connectivity index (χ3n) is 4.82. The maximum atomic E-state index is 12.4. The Kier molecular flexibility index (Phi) is 5.55. The van der Waals surface area contributed by atoms with Gasteiger partial charge in [-0.3, -0.25) is 14.7 Å². The van der Waals surface area contributed by atoms with Gasteiger partial charge < -0.3 is 5.32 Å². The lowest BCUT2D eigenvalue weighted by Crippen LogP contribution is -2.37. The summed E-state index contributed by atoms with van der Waals surface area (Å²) in [5, 5.41) is 6.09. The molecular weight excluding hydrogens is 356 g/mol. The molecule has 6 heteroatoms. The number of nitrogens with zero attached hydrogens (tertiary/aromatic N) is 3. The highest BCUT2D eigenvalue weighted by Crippen LogP contribution is 2.24. The van der Waals surface area contributed by atoms with E-state index >= 15 is 0 Å². The molecule has 138 valence electrons. The van der Waals surface area contributed by atoms with Crippen LogP contribution in [0.1, 0.15) is 18.5 Å². The molecule has 1 aliphatic rings. The molecule has 2 aromatic heterocycles. The fraction of sp³-hybridized carbons (Fsp3) is 0.286. The van der Waals surface area contributed by atoms with Crippen LogP contribution in [-0.2, 0) is 11.3 Å². The molecule has 0 unspecified atom stereocenters. The lowest BCUT2D eigenvalue weighted by molar-refractivity contribution is -0.121. The Hall–Kier alpha value is -2.57. The molecule has 4 rings (SSSR count). The minimum absolute atomic E-state index is 0.0842. The van der Waals surface area contributed by atoms with Gasteiger partial charge in [0.2, 0.25) is 5.91 Å². The van der Waals surface area contributed by atoms with Crippen molar-refractivity contribution in [2.75, 3.05) is 18.4 Å². The molecule has 1 aliphatic heterocycles. The second kappa shape index (κ2) is 8.41. The number of benzene rings is 1. The largest absolute Gasteiger partial charge is 0.326 e. The van der Waals surface area contributed by atoms with Crippen molar-refractivity contribution in [1.29, 1.82) is 0 Å². The lowest BCUT2D eigenvalue weighted by Gasteiger charge is -2.30. The van der Waals surface area contributed by atoms with E-state index in [9.17, 15) is 4.79 Å². The molecule has 1 fully saturated rings. The van der Waals surface area contributed by atoms with Gasteiger partial charge in [-0.1, -0.05) is 24.3 Å². The average Bonchev–Trinajstić information content (AvgIpc) is 3.18. The third kappa shape index (κ3) is 4.59. The van der Waals surface area contributed by atoms with Crippen molar-refractivity contribution in [1.82, 2.24) is 14.9 Å². The molecule has 0 aliphatic carbocycles. The first kappa shape index (κ1) is 17.8. The quantitative estimate of drug-likeness (QED) is 0.727. The number of anilines is 1. The Morgan fingerprint density at radius 3 is 2.63 bits per heavy atom. The number of likely N-dealkylation sites (tertiary alicyclic amines) is 1. The van der Waals surface area contributed by atoms with E-state index in [0.29, 0.717) is 0 Å². The molecule has 0 bridgehead atoms. The lowest BCUT2D eigenvalue weighted by atomic mass is 9.95. The molecule has 0 atom stereocenters. The Morgan fingerprint density at radius 1 is 1.11 bits per heavy atom. The number of hydrogen-bond donors (Lipinski definition) is 1. The monoisotopic (exact) mass is 378 g/mol. The van der Waals surface area contributed by atoms with Crippen LogP contribution in [0.5, 0.6) is 0 Å². The highest BCUT2D eigenvalue weighted by molar-refractivity contribution is 7.13.